The average molecular weight is 288 g/mol. The van der Waals surface area contributed by atoms with Gasteiger partial charge in [-0.2, -0.15) is 0 Å². The molecule has 0 heterocycles. The second-order valence-corrected chi connectivity index (χ2v) is 4.15. The summed E-state index contributed by atoms with van der Waals surface area (Å²) in [5.74, 6) is -1.55. The molecule has 7 heteroatoms. The number of hydrogen-bond acceptors (Lipinski definition) is 4. The number of non-ortho nitro benzene ring substituents is 1. The van der Waals surface area contributed by atoms with Crippen LogP contribution in [0.4, 0.5) is 15.8 Å². The summed E-state index contributed by atoms with van der Waals surface area (Å²) in [6.07, 6.45) is 0.654. The van der Waals surface area contributed by atoms with Gasteiger partial charge in [0.05, 0.1) is 11.0 Å². The largest absolute Gasteiger partial charge is 0.322 e. The maximum atomic E-state index is 13.3. The zero-order valence-electron chi connectivity index (χ0n) is 10.6. The molecule has 0 aliphatic heterocycles. The molecule has 1 N–H and O–H groups in total. The minimum atomic E-state index is -0.870. The summed E-state index contributed by atoms with van der Waals surface area (Å²) in [4.78, 5) is 32.3. The van der Waals surface area contributed by atoms with Crippen molar-refractivity contribution in [3.8, 4) is 0 Å². The van der Waals surface area contributed by atoms with Crippen LogP contribution in [0.3, 0.4) is 0 Å². The van der Waals surface area contributed by atoms with E-state index in [0.29, 0.717) is 17.5 Å². The van der Waals surface area contributed by atoms with Crippen LogP contribution in [0.25, 0.3) is 0 Å². The third-order valence-electron chi connectivity index (χ3n) is 2.66. The van der Waals surface area contributed by atoms with E-state index in [-0.39, 0.29) is 5.56 Å². The van der Waals surface area contributed by atoms with Crippen LogP contribution in [0.2, 0.25) is 0 Å². The number of halogens is 1. The molecule has 21 heavy (non-hydrogen) atoms. The number of aldehydes is 1. The summed E-state index contributed by atoms with van der Waals surface area (Å²) in [6.45, 7) is 0. The monoisotopic (exact) mass is 288 g/mol. The third kappa shape index (κ3) is 3.47. The number of rotatable bonds is 4. The first-order chi connectivity index (χ1) is 9.99. The number of anilines is 1. The third-order valence-corrected chi connectivity index (χ3v) is 2.66. The molecule has 0 bridgehead atoms. The Morgan fingerprint density at radius 1 is 1.19 bits per heavy atom. The molecular weight excluding hydrogens is 279 g/mol. The lowest BCUT2D eigenvalue weighted by Gasteiger charge is -2.05. The van der Waals surface area contributed by atoms with Gasteiger partial charge in [0.1, 0.15) is 12.1 Å². The van der Waals surface area contributed by atoms with Crippen molar-refractivity contribution in [3.63, 3.8) is 0 Å². The second kappa shape index (κ2) is 5.91. The molecule has 0 fully saturated rings. The molecule has 2 aromatic rings. The van der Waals surface area contributed by atoms with E-state index in [1.54, 1.807) is 0 Å². The van der Waals surface area contributed by atoms with Gasteiger partial charge in [0.2, 0.25) is 0 Å². The van der Waals surface area contributed by atoms with Crippen LogP contribution in [0.1, 0.15) is 20.7 Å². The molecular formula is C14H9FN2O4. The number of benzene rings is 2. The fourth-order valence-corrected chi connectivity index (χ4v) is 1.66. The average Bonchev–Trinajstić information content (AvgIpc) is 2.47. The quantitative estimate of drug-likeness (QED) is 0.532. The van der Waals surface area contributed by atoms with E-state index in [0.717, 1.165) is 18.2 Å². The number of nitro benzene ring substituents is 1. The van der Waals surface area contributed by atoms with Crippen molar-refractivity contribution < 1.29 is 18.9 Å². The Balaban J connectivity index is 2.23. The minimum Gasteiger partial charge on any atom is -0.322 e. The van der Waals surface area contributed by atoms with Crippen LogP contribution < -0.4 is 5.32 Å². The van der Waals surface area contributed by atoms with Crippen molar-refractivity contribution in [2.24, 2.45) is 0 Å². The van der Waals surface area contributed by atoms with E-state index >= 15 is 0 Å². The predicted molar refractivity (Wildman–Crippen MR) is 72.8 cm³/mol. The molecule has 0 saturated heterocycles. The molecule has 0 unspecified atom stereocenters. The van der Waals surface area contributed by atoms with Gasteiger partial charge in [-0.3, -0.25) is 19.7 Å². The lowest BCUT2D eigenvalue weighted by molar-refractivity contribution is -0.385. The fraction of sp³-hybridized carbons (Fsp3) is 0. The normalized spacial score (nSPS) is 9.95. The predicted octanol–water partition coefficient (Wildman–Crippen LogP) is 2.80. The molecule has 0 aromatic heterocycles. The van der Waals surface area contributed by atoms with Crippen LogP contribution in [-0.2, 0) is 0 Å². The van der Waals surface area contributed by atoms with Gasteiger partial charge in [-0.15, -0.1) is 0 Å². The first kappa shape index (κ1) is 14.3. The molecule has 106 valence electrons. The number of nitrogens with zero attached hydrogens (tertiary/aromatic N) is 1. The van der Waals surface area contributed by atoms with Crippen LogP contribution in [0.15, 0.2) is 42.5 Å². The summed E-state index contributed by atoms with van der Waals surface area (Å²) in [6, 6.07) is 8.61. The summed E-state index contributed by atoms with van der Waals surface area (Å²) < 4.78 is 13.3. The highest BCUT2D eigenvalue weighted by Gasteiger charge is 2.14. The van der Waals surface area contributed by atoms with Gasteiger partial charge < -0.3 is 5.32 Å². The van der Waals surface area contributed by atoms with Crippen molar-refractivity contribution in [2.75, 3.05) is 5.32 Å². The van der Waals surface area contributed by atoms with Gasteiger partial charge >= 0.3 is 0 Å². The van der Waals surface area contributed by atoms with Gasteiger partial charge in [0.15, 0.2) is 0 Å². The summed E-state index contributed by atoms with van der Waals surface area (Å²) in [5, 5.41) is 13.1. The Bertz CT molecular complexity index is 713. The van der Waals surface area contributed by atoms with E-state index < -0.39 is 22.3 Å². The zero-order valence-corrected chi connectivity index (χ0v) is 10.6. The smallest absolute Gasteiger partial charge is 0.273 e. The molecule has 2 rings (SSSR count). The fourth-order valence-electron chi connectivity index (χ4n) is 1.66. The summed E-state index contributed by atoms with van der Waals surface area (Å²) in [7, 11) is 0. The van der Waals surface area contributed by atoms with E-state index in [1.165, 1.54) is 24.3 Å². The Labute approximate surface area is 118 Å². The number of amides is 1. The lowest BCUT2D eigenvalue weighted by Crippen LogP contribution is -2.12. The van der Waals surface area contributed by atoms with Crippen molar-refractivity contribution >= 4 is 23.6 Å². The highest BCUT2D eigenvalue weighted by Crippen LogP contribution is 2.18. The van der Waals surface area contributed by atoms with Crippen LogP contribution in [0, 0.1) is 15.9 Å². The molecule has 0 spiro atoms. The summed E-state index contributed by atoms with van der Waals surface area (Å²) in [5.41, 5.74) is 0.157. The van der Waals surface area contributed by atoms with Gasteiger partial charge in [-0.25, -0.2) is 4.39 Å². The van der Waals surface area contributed by atoms with E-state index in [9.17, 15) is 24.1 Å². The van der Waals surface area contributed by atoms with Gasteiger partial charge in [0, 0.05) is 22.9 Å². The molecule has 0 aliphatic rings. The van der Waals surface area contributed by atoms with Crippen molar-refractivity contribution in [1.29, 1.82) is 0 Å². The van der Waals surface area contributed by atoms with Gasteiger partial charge in [-0.05, 0) is 30.3 Å². The molecule has 0 atom stereocenters. The van der Waals surface area contributed by atoms with Gasteiger partial charge in [0.25, 0.3) is 11.6 Å². The maximum absolute atomic E-state index is 13.3. The first-order valence-electron chi connectivity index (χ1n) is 5.81. The standard InChI is InChI=1S/C14H9FN2O4/c15-11-5-10(6-13(7-11)17(20)21)14(19)16-12-3-1-9(8-18)2-4-12/h1-8H,(H,16,19). The zero-order chi connectivity index (χ0) is 15.4. The Morgan fingerprint density at radius 2 is 1.86 bits per heavy atom. The maximum Gasteiger partial charge on any atom is 0.273 e. The van der Waals surface area contributed by atoms with E-state index in [1.807, 2.05) is 0 Å². The second-order valence-electron chi connectivity index (χ2n) is 4.15. The molecule has 0 radical (unpaired) electrons. The van der Waals surface area contributed by atoms with E-state index in [4.69, 9.17) is 0 Å². The van der Waals surface area contributed by atoms with Crippen LogP contribution in [-0.4, -0.2) is 17.1 Å². The molecule has 0 aliphatic carbocycles. The number of nitro groups is 1. The Hall–Kier alpha value is -3.09. The SMILES string of the molecule is O=Cc1ccc(NC(=O)c2cc(F)cc([N+](=O)[O-])c2)cc1. The molecule has 6 nitrogen and oxygen atoms in total. The molecule has 1 amide bonds. The van der Waals surface area contributed by atoms with E-state index in [2.05, 4.69) is 5.32 Å². The summed E-state index contributed by atoms with van der Waals surface area (Å²) >= 11 is 0. The van der Waals surface area contributed by atoms with Crippen molar-refractivity contribution in [1.82, 2.24) is 0 Å². The Morgan fingerprint density at radius 3 is 2.43 bits per heavy atom. The van der Waals surface area contributed by atoms with Crippen molar-refractivity contribution in [2.45, 2.75) is 0 Å². The minimum absolute atomic E-state index is 0.166. The topological polar surface area (TPSA) is 89.3 Å². The number of carbonyl (C=O) groups excluding carboxylic acids is 2. The number of hydrogen-bond donors (Lipinski definition) is 1. The highest BCUT2D eigenvalue weighted by atomic mass is 19.1. The number of carbonyl (C=O) groups is 2. The van der Waals surface area contributed by atoms with Gasteiger partial charge in [-0.1, -0.05) is 0 Å². The Kier molecular flexibility index (Phi) is 4.03. The van der Waals surface area contributed by atoms with Crippen molar-refractivity contribution in [3.05, 3.63) is 69.5 Å². The lowest BCUT2D eigenvalue weighted by atomic mass is 10.1. The first-order valence-corrected chi connectivity index (χ1v) is 5.81. The van der Waals surface area contributed by atoms with Crippen LogP contribution in [0.5, 0.6) is 0 Å². The molecule has 2 aromatic carbocycles. The molecule has 0 saturated carbocycles. The number of nitrogens with one attached hydrogen (secondary N) is 1. The highest BCUT2D eigenvalue weighted by molar-refractivity contribution is 6.04. The van der Waals surface area contributed by atoms with Crippen LogP contribution >= 0.6 is 0 Å².